The van der Waals surface area contributed by atoms with Crippen LogP contribution in [0.1, 0.15) is 27.7 Å². The molecule has 0 fully saturated rings. The van der Waals surface area contributed by atoms with Crippen molar-refractivity contribution in [3.63, 3.8) is 0 Å². The van der Waals surface area contributed by atoms with Crippen LogP contribution in [0.25, 0.3) is 0 Å². The molecule has 1 atom stereocenters. The van der Waals surface area contributed by atoms with Gasteiger partial charge in [-0.15, -0.1) is 0 Å². The van der Waals surface area contributed by atoms with Crippen molar-refractivity contribution in [1.82, 2.24) is 5.32 Å². The summed E-state index contributed by atoms with van der Waals surface area (Å²) in [6.07, 6.45) is 0. The first-order valence-electron chi connectivity index (χ1n) is 6.53. The summed E-state index contributed by atoms with van der Waals surface area (Å²) in [7, 11) is 0. The lowest BCUT2D eigenvalue weighted by atomic mass is 10.2. The molecule has 5 heteroatoms. The molecule has 106 valence electrons. The molecule has 1 unspecified atom stereocenters. The third-order valence-corrected chi connectivity index (χ3v) is 2.56. The van der Waals surface area contributed by atoms with E-state index in [9.17, 15) is 4.79 Å². The molecule has 0 saturated heterocycles. The second-order valence-electron chi connectivity index (χ2n) is 4.68. The van der Waals surface area contributed by atoms with Crippen LogP contribution in [-0.2, 0) is 4.79 Å². The molecule has 1 rings (SSSR count). The Labute approximate surface area is 114 Å². The van der Waals surface area contributed by atoms with Crippen molar-refractivity contribution in [2.24, 2.45) is 0 Å². The summed E-state index contributed by atoms with van der Waals surface area (Å²) in [6.45, 7) is 8.10. The van der Waals surface area contributed by atoms with Crippen molar-refractivity contribution in [3.05, 3.63) is 18.2 Å². The van der Waals surface area contributed by atoms with Gasteiger partial charge in [-0.05, 0) is 39.8 Å². The molecule has 0 saturated carbocycles. The van der Waals surface area contributed by atoms with Crippen molar-refractivity contribution in [2.75, 3.05) is 17.7 Å². The van der Waals surface area contributed by atoms with E-state index < -0.39 is 0 Å². The van der Waals surface area contributed by atoms with Gasteiger partial charge in [-0.2, -0.15) is 0 Å². The lowest BCUT2D eigenvalue weighted by molar-refractivity contribution is -0.122. The van der Waals surface area contributed by atoms with Crippen LogP contribution >= 0.6 is 0 Å². The standard InChI is InChI=1S/C14H23N3O2/c1-5-19-12-8-6-7-11(13(12)15)17-10(4)14(18)16-9(2)3/h6-10,17H,5,15H2,1-4H3,(H,16,18). The Morgan fingerprint density at radius 1 is 1.37 bits per heavy atom. The van der Waals surface area contributed by atoms with Gasteiger partial charge in [0.25, 0.3) is 0 Å². The van der Waals surface area contributed by atoms with Gasteiger partial charge >= 0.3 is 0 Å². The van der Waals surface area contributed by atoms with Crippen LogP contribution in [0.3, 0.4) is 0 Å². The zero-order chi connectivity index (χ0) is 14.4. The lowest BCUT2D eigenvalue weighted by Crippen LogP contribution is -2.41. The highest BCUT2D eigenvalue weighted by molar-refractivity contribution is 5.86. The Morgan fingerprint density at radius 2 is 2.05 bits per heavy atom. The largest absolute Gasteiger partial charge is 0.492 e. The van der Waals surface area contributed by atoms with Gasteiger partial charge in [0.1, 0.15) is 11.8 Å². The first kappa shape index (κ1) is 15.1. The van der Waals surface area contributed by atoms with Crippen LogP contribution in [-0.4, -0.2) is 24.6 Å². The minimum absolute atomic E-state index is 0.0591. The number of hydrogen-bond acceptors (Lipinski definition) is 4. The summed E-state index contributed by atoms with van der Waals surface area (Å²) >= 11 is 0. The number of nitrogen functional groups attached to an aromatic ring is 1. The van der Waals surface area contributed by atoms with Gasteiger partial charge in [-0.1, -0.05) is 6.07 Å². The normalized spacial score (nSPS) is 12.1. The van der Waals surface area contributed by atoms with Gasteiger partial charge < -0.3 is 21.1 Å². The van der Waals surface area contributed by atoms with Gasteiger partial charge in [0.2, 0.25) is 5.91 Å². The smallest absolute Gasteiger partial charge is 0.242 e. The predicted octanol–water partition coefficient (Wildman–Crippen LogP) is 1.99. The maximum absolute atomic E-state index is 11.8. The van der Waals surface area contributed by atoms with E-state index >= 15 is 0 Å². The first-order valence-corrected chi connectivity index (χ1v) is 6.53. The number of carbonyl (C=O) groups is 1. The highest BCUT2D eigenvalue weighted by atomic mass is 16.5. The number of para-hydroxylation sites is 1. The number of hydrogen-bond donors (Lipinski definition) is 3. The molecule has 4 N–H and O–H groups in total. The Bertz CT molecular complexity index is 433. The Kier molecular flexibility index (Phi) is 5.48. The monoisotopic (exact) mass is 265 g/mol. The van der Waals surface area contributed by atoms with Crippen molar-refractivity contribution in [2.45, 2.75) is 39.8 Å². The van der Waals surface area contributed by atoms with Crippen molar-refractivity contribution in [1.29, 1.82) is 0 Å². The molecular formula is C14H23N3O2. The predicted molar refractivity (Wildman–Crippen MR) is 78.4 cm³/mol. The van der Waals surface area contributed by atoms with Crippen molar-refractivity contribution < 1.29 is 9.53 Å². The highest BCUT2D eigenvalue weighted by Crippen LogP contribution is 2.29. The molecule has 0 radical (unpaired) electrons. The van der Waals surface area contributed by atoms with Gasteiger partial charge in [-0.3, -0.25) is 4.79 Å². The minimum Gasteiger partial charge on any atom is -0.492 e. The number of nitrogens with one attached hydrogen (secondary N) is 2. The number of amides is 1. The molecule has 0 aliphatic rings. The fourth-order valence-electron chi connectivity index (χ4n) is 1.66. The summed E-state index contributed by atoms with van der Waals surface area (Å²) in [4.78, 5) is 11.8. The number of rotatable bonds is 6. The van der Waals surface area contributed by atoms with Gasteiger partial charge in [-0.25, -0.2) is 0 Å². The second kappa shape index (κ2) is 6.87. The summed E-state index contributed by atoms with van der Waals surface area (Å²) in [5.74, 6) is 0.570. The number of anilines is 2. The van der Waals surface area contributed by atoms with E-state index in [2.05, 4.69) is 10.6 Å². The average Bonchev–Trinajstić information content (AvgIpc) is 2.33. The van der Waals surface area contributed by atoms with Gasteiger partial charge in [0, 0.05) is 6.04 Å². The zero-order valence-corrected chi connectivity index (χ0v) is 12.0. The second-order valence-corrected chi connectivity index (χ2v) is 4.68. The molecular weight excluding hydrogens is 242 g/mol. The van der Waals surface area contributed by atoms with E-state index in [1.807, 2.05) is 39.0 Å². The van der Waals surface area contributed by atoms with Crippen molar-refractivity contribution >= 4 is 17.3 Å². The van der Waals surface area contributed by atoms with Crippen LogP contribution in [0.15, 0.2) is 18.2 Å². The third kappa shape index (κ3) is 4.35. The number of ether oxygens (including phenoxy) is 1. The van der Waals surface area contributed by atoms with Crippen molar-refractivity contribution in [3.8, 4) is 5.75 Å². The quantitative estimate of drug-likeness (QED) is 0.688. The minimum atomic E-state index is -0.360. The molecule has 0 heterocycles. The topological polar surface area (TPSA) is 76.4 Å². The zero-order valence-electron chi connectivity index (χ0n) is 12.0. The fraction of sp³-hybridized carbons (Fsp3) is 0.500. The van der Waals surface area contributed by atoms with E-state index in [1.165, 1.54) is 0 Å². The van der Waals surface area contributed by atoms with Crippen LogP contribution in [0.2, 0.25) is 0 Å². The summed E-state index contributed by atoms with van der Waals surface area (Å²) < 4.78 is 5.42. The molecule has 0 aliphatic carbocycles. The Morgan fingerprint density at radius 3 is 2.63 bits per heavy atom. The van der Waals surface area contributed by atoms with Crippen LogP contribution < -0.4 is 21.1 Å². The molecule has 0 bridgehead atoms. The molecule has 1 amide bonds. The van der Waals surface area contributed by atoms with Gasteiger partial charge in [0.15, 0.2) is 0 Å². The number of nitrogens with two attached hydrogens (primary N) is 1. The van der Waals surface area contributed by atoms with E-state index in [4.69, 9.17) is 10.5 Å². The summed E-state index contributed by atoms with van der Waals surface area (Å²) in [5, 5.41) is 5.95. The molecule has 19 heavy (non-hydrogen) atoms. The molecule has 1 aromatic carbocycles. The van der Waals surface area contributed by atoms with Crippen LogP contribution in [0.4, 0.5) is 11.4 Å². The summed E-state index contributed by atoms with van der Waals surface area (Å²) in [5.41, 5.74) is 7.23. The molecule has 1 aromatic rings. The Balaban J connectivity index is 2.76. The van der Waals surface area contributed by atoms with Gasteiger partial charge in [0.05, 0.1) is 18.0 Å². The van der Waals surface area contributed by atoms with E-state index in [0.717, 1.165) is 0 Å². The molecule has 0 spiro atoms. The summed E-state index contributed by atoms with van der Waals surface area (Å²) in [6, 6.07) is 5.24. The van der Waals surface area contributed by atoms with E-state index in [0.29, 0.717) is 23.7 Å². The number of benzene rings is 1. The van der Waals surface area contributed by atoms with E-state index in [1.54, 1.807) is 6.92 Å². The maximum Gasteiger partial charge on any atom is 0.242 e. The molecule has 0 aromatic heterocycles. The number of carbonyl (C=O) groups excluding carboxylic acids is 1. The SMILES string of the molecule is CCOc1cccc(NC(C)C(=O)NC(C)C)c1N. The third-order valence-electron chi connectivity index (χ3n) is 2.56. The average molecular weight is 265 g/mol. The fourth-order valence-corrected chi connectivity index (χ4v) is 1.66. The lowest BCUT2D eigenvalue weighted by Gasteiger charge is -2.19. The molecule has 5 nitrogen and oxygen atoms in total. The molecule has 0 aliphatic heterocycles. The Hall–Kier alpha value is -1.91. The first-order chi connectivity index (χ1) is 8.95. The highest BCUT2D eigenvalue weighted by Gasteiger charge is 2.15. The maximum atomic E-state index is 11.8. The van der Waals surface area contributed by atoms with Crippen LogP contribution in [0.5, 0.6) is 5.75 Å². The van der Waals surface area contributed by atoms with Crippen LogP contribution in [0, 0.1) is 0 Å². The van der Waals surface area contributed by atoms with E-state index in [-0.39, 0.29) is 18.0 Å².